The number of fused-ring (bicyclic) bond motifs is 1. The number of benzene rings is 2. The Labute approximate surface area is 303 Å². The van der Waals surface area contributed by atoms with Gasteiger partial charge in [-0.15, -0.1) is 0 Å². The normalized spacial score (nSPS) is 37.3. The van der Waals surface area contributed by atoms with Crippen LogP contribution in [0.15, 0.2) is 39.5 Å². The third kappa shape index (κ3) is 7.27. The average Bonchev–Trinajstić information content (AvgIpc) is 3.13. The second-order valence-electron chi connectivity index (χ2n) is 13.0. The Bertz CT molecular complexity index is 1850. The second kappa shape index (κ2) is 15.7. The zero-order valence-electron chi connectivity index (χ0n) is 28.0. The van der Waals surface area contributed by atoms with Crippen LogP contribution in [0, 0.1) is 0 Å². The summed E-state index contributed by atoms with van der Waals surface area (Å²) in [5.74, 6) is -3.73. The summed E-state index contributed by atoms with van der Waals surface area (Å²) in [6.45, 7) is -0.423. The van der Waals surface area contributed by atoms with E-state index < -0.39 is 151 Å². The molecule has 2 aromatic carbocycles. The SMILES string of the molecule is C[C@@H]1O[C@@H](Oc2c(-c3ccc(O)c(O)c3)oc3cc(O)cc(O)c3c2=O)[C@H](O[C@@H]2O[C@H](CO)[C@@H](O)[C@H](O)[C@H]2O)[C@H](O[C@@H]2O[C@H](CO)[C@@H](O)[C@H](O)[C@H]2O)[C@H]1O. The van der Waals surface area contributed by atoms with E-state index in [1.165, 1.54) is 13.0 Å². The van der Waals surface area contributed by atoms with Crippen LogP contribution in [0.4, 0.5) is 0 Å². The highest BCUT2D eigenvalue weighted by Crippen LogP contribution is 2.41. The van der Waals surface area contributed by atoms with E-state index in [1.807, 2.05) is 0 Å². The fourth-order valence-electron chi connectivity index (χ4n) is 6.40. The molecular weight excluding hydrogens is 732 g/mol. The Balaban J connectivity index is 1.47. The average molecular weight is 773 g/mol. The molecule has 21 nitrogen and oxygen atoms in total. The van der Waals surface area contributed by atoms with E-state index in [4.69, 9.17) is 32.8 Å². The second-order valence-corrected chi connectivity index (χ2v) is 13.0. The molecule has 3 aliphatic rings. The lowest BCUT2D eigenvalue weighted by Crippen LogP contribution is -2.67. The summed E-state index contributed by atoms with van der Waals surface area (Å²) in [5, 5.41) is 134. The maximum atomic E-state index is 14.1. The summed E-state index contributed by atoms with van der Waals surface area (Å²) in [5.41, 5.74) is -1.57. The molecule has 13 N–H and O–H groups in total. The standard InChI is InChI=1S/C33H40O21/c1-9-19(40)28(52-31-25(46)23(44)20(41)16(7-34)50-31)30(54-32-26(47)24(45)21(42)17(8-35)51-32)33(48-9)53-29-22(43)18-14(39)5-11(36)6-15(18)49-27(29)10-2-3-12(37)13(38)4-10/h2-6,9,16-17,19-21,23-26,28,30-42,44-47H,7-8H2,1H3/t9-,16+,17+,19-,20+,21+,23-,24-,25+,26+,28+,30+,31-,32-,33-/m0/s1. The molecule has 3 aliphatic heterocycles. The fraction of sp³-hybridized carbons (Fsp3) is 0.545. The van der Waals surface area contributed by atoms with Crippen molar-refractivity contribution >= 4 is 11.0 Å². The number of hydrogen-bond acceptors (Lipinski definition) is 21. The van der Waals surface area contributed by atoms with E-state index in [0.29, 0.717) is 0 Å². The summed E-state index contributed by atoms with van der Waals surface area (Å²) in [6.07, 6.45) is -27.4. The van der Waals surface area contributed by atoms with Crippen molar-refractivity contribution in [2.45, 2.75) is 99.0 Å². The van der Waals surface area contributed by atoms with Crippen LogP contribution >= 0.6 is 0 Å². The van der Waals surface area contributed by atoms with Gasteiger partial charge in [-0.25, -0.2) is 0 Å². The maximum Gasteiger partial charge on any atom is 0.239 e. The fourth-order valence-corrected chi connectivity index (χ4v) is 6.40. The van der Waals surface area contributed by atoms with Gasteiger partial charge in [0.05, 0.1) is 19.3 Å². The molecule has 3 fully saturated rings. The number of hydrogen-bond donors (Lipinski definition) is 13. The van der Waals surface area contributed by atoms with E-state index in [0.717, 1.165) is 24.3 Å². The van der Waals surface area contributed by atoms with Gasteiger partial charge in [0, 0.05) is 17.7 Å². The molecule has 0 unspecified atom stereocenters. The van der Waals surface area contributed by atoms with Gasteiger partial charge in [0.25, 0.3) is 0 Å². The summed E-state index contributed by atoms with van der Waals surface area (Å²) in [4.78, 5) is 14.1. The summed E-state index contributed by atoms with van der Waals surface area (Å²) < 4.78 is 40.6. The minimum Gasteiger partial charge on any atom is -0.508 e. The maximum absolute atomic E-state index is 14.1. The van der Waals surface area contributed by atoms with Gasteiger partial charge in [-0.3, -0.25) is 4.79 Å². The van der Waals surface area contributed by atoms with Gasteiger partial charge in [0.2, 0.25) is 17.5 Å². The Morgan fingerprint density at radius 1 is 0.630 bits per heavy atom. The quantitative estimate of drug-likeness (QED) is 0.0925. The monoisotopic (exact) mass is 772 g/mol. The van der Waals surface area contributed by atoms with Crippen LogP contribution in [0.3, 0.4) is 0 Å². The number of phenolic OH excluding ortho intramolecular Hbond substituents is 4. The van der Waals surface area contributed by atoms with Crippen LogP contribution in [0.1, 0.15) is 6.92 Å². The van der Waals surface area contributed by atoms with Crippen LogP contribution in [0.5, 0.6) is 28.7 Å². The van der Waals surface area contributed by atoms with Gasteiger partial charge in [0.15, 0.2) is 35.9 Å². The Morgan fingerprint density at radius 3 is 1.76 bits per heavy atom. The topological polar surface area (TPSA) is 349 Å². The number of aliphatic hydroxyl groups is 9. The van der Waals surface area contributed by atoms with Gasteiger partial charge < -0.3 is 99.2 Å². The van der Waals surface area contributed by atoms with Crippen molar-refractivity contribution < 1.29 is 99.2 Å². The Morgan fingerprint density at radius 2 is 1.20 bits per heavy atom. The van der Waals surface area contributed by atoms with Crippen LogP contribution in [0.2, 0.25) is 0 Å². The molecule has 3 saturated heterocycles. The number of aromatic hydroxyl groups is 4. The molecule has 0 radical (unpaired) electrons. The first kappa shape index (κ1) is 39.8. The van der Waals surface area contributed by atoms with E-state index >= 15 is 0 Å². The molecule has 4 heterocycles. The predicted octanol–water partition coefficient (Wildman–Crippen LogP) is -3.86. The summed E-state index contributed by atoms with van der Waals surface area (Å²) >= 11 is 0. The van der Waals surface area contributed by atoms with E-state index in [-0.39, 0.29) is 11.1 Å². The molecule has 0 aliphatic carbocycles. The van der Waals surface area contributed by atoms with Crippen molar-refractivity contribution in [2.75, 3.05) is 13.2 Å². The van der Waals surface area contributed by atoms with Crippen LogP contribution < -0.4 is 10.2 Å². The van der Waals surface area contributed by atoms with E-state index in [2.05, 4.69) is 0 Å². The molecule has 6 rings (SSSR count). The van der Waals surface area contributed by atoms with Crippen molar-refractivity contribution in [1.29, 1.82) is 0 Å². The Hall–Kier alpha value is -3.91. The molecule has 0 amide bonds. The third-order valence-corrected chi connectivity index (χ3v) is 9.43. The zero-order valence-corrected chi connectivity index (χ0v) is 28.0. The first-order valence-corrected chi connectivity index (χ1v) is 16.5. The van der Waals surface area contributed by atoms with Crippen LogP contribution in [0.25, 0.3) is 22.3 Å². The van der Waals surface area contributed by atoms with Gasteiger partial charge in [-0.1, -0.05) is 0 Å². The van der Waals surface area contributed by atoms with Gasteiger partial charge in [-0.05, 0) is 25.1 Å². The predicted molar refractivity (Wildman–Crippen MR) is 173 cm³/mol. The molecular formula is C33H40O21. The van der Waals surface area contributed by atoms with Crippen molar-refractivity contribution in [3.05, 3.63) is 40.6 Å². The zero-order chi connectivity index (χ0) is 39.3. The highest BCUT2D eigenvalue weighted by atomic mass is 16.8. The lowest BCUT2D eigenvalue weighted by molar-refractivity contribution is -0.382. The molecule has 0 saturated carbocycles. The third-order valence-electron chi connectivity index (χ3n) is 9.43. The summed E-state index contributed by atoms with van der Waals surface area (Å²) in [6, 6.07) is 5.06. The highest BCUT2D eigenvalue weighted by molar-refractivity contribution is 5.88. The number of rotatable bonds is 9. The first-order chi connectivity index (χ1) is 25.6. The van der Waals surface area contributed by atoms with Crippen molar-refractivity contribution in [2.24, 2.45) is 0 Å². The minimum absolute atomic E-state index is 0.105. The molecule has 15 atom stereocenters. The van der Waals surface area contributed by atoms with E-state index in [1.54, 1.807) is 0 Å². The van der Waals surface area contributed by atoms with Gasteiger partial charge >= 0.3 is 0 Å². The largest absolute Gasteiger partial charge is 0.508 e. The van der Waals surface area contributed by atoms with E-state index in [9.17, 15) is 71.2 Å². The lowest BCUT2D eigenvalue weighted by Gasteiger charge is -2.48. The number of phenols is 4. The minimum atomic E-state index is -2.06. The van der Waals surface area contributed by atoms with Crippen molar-refractivity contribution in [3.8, 4) is 40.1 Å². The lowest BCUT2D eigenvalue weighted by atomic mass is 9.96. The van der Waals surface area contributed by atoms with Crippen LogP contribution in [-0.4, -0.2) is 172 Å². The van der Waals surface area contributed by atoms with Crippen LogP contribution in [-0.2, 0) is 23.7 Å². The molecule has 298 valence electrons. The van der Waals surface area contributed by atoms with Gasteiger partial charge in [0.1, 0.15) is 83.5 Å². The Kier molecular flexibility index (Phi) is 11.5. The smallest absolute Gasteiger partial charge is 0.239 e. The number of aliphatic hydroxyl groups excluding tert-OH is 9. The highest BCUT2D eigenvalue weighted by Gasteiger charge is 2.54. The molecule has 0 bridgehead atoms. The molecule has 21 heteroatoms. The molecule has 0 spiro atoms. The van der Waals surface area contributed by atoms with Crippen molar-refractivity contribution in [3.63, 3.8) is 0 Å². The van der Waals surface area contributed by atoms with Crippen molar-refractivity contribution in [1.82, 2.24) is 0 Å². The van der Waals surface area contributed by atoms with Gasteiger partial charge in [-0.2, -0.15) is 0 Å². The molecule has 54 heavy (non-hydrogen) atoms. The number of ether oxygens (including phenoxy) is 6. The molecule has 1 aromatic heterocycles. The summed E-state index contributed by atoms with van der Waals surface area (Å²) in [7, 11) is 0. The molecule has 3 aromatic rings. The first-order valence-electron chi connectivity index (χ1n) is 16.5.